The third-order valence-corrected chi connectivity index (χ3v) is 3.93. The minimum absolute atomic E-state index is 0.238. The number of aromatic nitrogens is 1. The van der Waals surface area contributed by atoms with E-state index in [0.717, 1.165) is 48.2 Å². The van der Waals surface area contributed by atoms with Gasteiger partial charge in [0.2, 0.25) is 0 Å². The van der Waals surface area contributed by atoms with Crippen LogP contribution in [0.25, 0.3) is 10.9 Å². The number of fused-ring (bicyclic) bond motifs is 2. The fraction of sp³-hybridized carbons (Fsp3) is 0.333. The molecule has 0 aliphatic carbocycles. The molecule has 104 valence electrons. The van der Waals surface area contributed by atoms with Gasteiger partial charge in [-0.05, 0) is 12.6 Å². The molecular weight excluding hydrogens is 252 g/mol. The fourth-order valence-electron chi connectivity index (χ4n) is 2.85. The Labute approximate surface area is 117 Å². The molecule has 20 heavy (non-hydrogen) atoms. The van der Waals surface area contributed by atoms with Crippen molar-refractivity contribution in [2.45, 2.75) is 19.9 Å². The summed E-state index contributed by atoms with van der Waals surface area (Å²) in [5.74, 6) is 5.12. The zero-order valence-corrected chi connectivity index (χ0v) is 11.5. The molecule has 1 aliphatic heterocycles. The molecule has 1 amide bonds. The van der Waals surface area contributed by atoms with Crippen LogP contribution in [-0.4, -0.2) is 28.9 Å². The van der Waals surface area contributed by atoms with Crippen LogP contribution in [0.2, 0.25) is 0 Å². The molecule has 1 aromatic carbocycles. The van der Waals surface area contributed by atoms with Crippen LogP contribution in [0.3, 0.4) is 0 Å². The summed E-state index contributed by atoms with van der Waals surface area (Å²) in [5.41, 5.74) is 5.83. The molecule has 1 aliphatic rings. The first-order valence-electron chi connectivity index (χ1n) is 6.88. The minimum Gasteiger partial charge on any atom is -0.299 e. The average Bonchev–Trinajstić information content (AvgIpc) is 2.51. The molecule has 2 aromatic rings. The normalized spacial score (nSPS) is 15.1. The highest BCUT2D eigenvalue weighted by Crippen LogP contribution is 2.27. The second-order valence-corrected chi connectivity index (χ2v) is 5.02. The predicted octanol–water partition coefficient (Wildman–Crippen LogP) is 1.22. The molecular formula is C15H18N4O. The molecule has 3 N–H and O–H groups in total. The lowest BCUT2D eigenvalue weighted by atomic mass is 9.95. The van der Waals surface area contributed by atoms with Crippen molar-refractivity contribution in [3.63, 3.8) is 0 Å². The van der Waals surface area contributed by atoms with E-state index in [4.69, 9.17) is 10.8 Å². The summed E-state index contributed by atoms with van der Waals surface area (Å²) in [4.78, 5) is 19.2. The number of pyridine rings is 1. The van der Waals surface area contributed by atoms with E-state index in [2.05, 4.69) is 17.2 Å². The number of rotatable bonds is 2. The molecule has 0 atom stereocenters. The van der Waals surface area contributed by atoms with Crippen molar-refractivity contribution in [3.8, 4) is 0 Å². The number of nitrogens with zero attached hydrogens (tertiary/aromatic N) is 2. The second-order valence-electron chi connectivity index (χ2n) is 5.02. The van der Waals surface area contributed by atoms with Crippen molar-refractivity contribution in [1.29, 1.82) is 0 Å². The summed E-state index contributed by atoms with van der Waals surface area (Å²) >= 11 is 0. The number of hydrogen-bond donors (Lipinski definition) is 2. The van der Waals surface area contributed by atoms with Crippen LogP contribution >= 0.6 is 0 Å². The molecule has 0 spiro atoms. The average molecular weight is 270 g/mol. The molecule has 0 saturated carbocycles. The third-order valence-electron chi connectivity index (χ3n) is 3.93. The first-order chi connectivity index (χ1) is 9.74. The smallest absolute Gasteiger partial charge is 0.266 e. The monoisotopic (exact) mass is 270 g/mol. The van der Waals surface area contributed by atoms with E-state index in [9.17, 15) is 4.79 Å². The quantitative estimate of drug-likeness (QED) is 0.489. The molecule has 3 rings (SSSR count). The van der Waals surface area contributed by atoms with Crippen LogP contribution in [0, 0.1) is 0 Å². The molecule has 0 fully saturated rings. The number of hydrazine groups is 1. The molecule has 0 saturated heterocycles. The van der Waals surface area contributed by atoms with Crippen LogP contribution < -0.4 is 11.3 Å². The van der Waals surface area contributed by atoms with Crippen LogP contribution in [0.5, 0.6) is 0 Å². The molecule has 5 heteroatoms. The number of nitrogen functional groups attached to an aromatic ring is 1. The van der Waals surface area contributed by atoms with Crippen molar-refractivity contribution in [2.24, 2.45) is 5.84 Å². The number of carbonyl (C=O) groups is 1. The number of nitrogens with one attached hydrogen (secondary N) is 1. The van der Waals surface area contributed by atoms with Gasteiger partial charge in [-0.25, -0.2) is 5.84 Å². The largest absolute Gasteiger partial charge is 0.299 e. The second kappa shape index (κ2) is 5.19. The van der Waals surface area contributed by atoms with Crippen LogP contribution in [0.4, 0.5) is 0 Å². The maximum absolute atomic E-state index is 12.2. The maximum atomic E-state index is 12.2. The number of amides is 1. The van der Waals surface area contributed by atoms with Crippen LogP contribution in [0.15, 0.2) is 24.3 Å². The molecule has 1 aromatic heterocycles. The van der Waals surface area contributed by atoms with Gasteiger partial charge in [-0.2, -0.15) is 0 Å². The van der Waals surface area contributed by atoms with Crippen LogP contribution in [0.1, 0.15) is 28.5 Å². The van der Waals surface area contributed by atoms with Gasteiger partial charge in [0, 0.05) is 36.2 Å². The van der Waals surface area contributed by atoms with Crippen molar-refractivity contribution in [3.05, 3.63) is 41.1 Å². The van der Waals surface area contributed by atoms with E-state index in [1.807, 2.05) is 24.3 Å². The van der Waals surface area contributed by atoms with Gasteiger partial charge in [0.1, 0.15) is 0 Å². The number of carbonyl (C=O) groups excluding carboxylic acids is 1. The van der Waals surface area contributed by atoms with Crippen molar-refractivity contribution < 1.29 is 4.79 Å². The molecule has 0 radical (unpaired) electrons. The Hall–Kier alpha value is -1.98. The van der Waals surface area contributed by atoms with E-state index < -0.39 is 0 Å². The Morgan fingerprint density at radius 2 is 2.25 bits per heavy atom. The van der Waals surface area contributed by atoms with Crippen molar-refractivity contribution >= 4 is 16.8 Å². The summed E-state index contributed by atoms with van der Waals surface area (Å²) in [5, 5.41) is 0.868. The predicted molar refractivity (Wildman–Crippen MR) is 78.1 cm³/mol. The highest BCUT2D eigenvalue weighted by molar-refractivity contribution is 6.07. The number of hydrogen-bond acceptors (Lipinski definition) is 4. The van der Waals surface area contributed by atoms with Crippen molar-refractivity contribution in [2.75, 3.05) is 13.1 Å². The maximum Gasteiger partial charge on any atom is 0.266 e. The SMILES string of the molecule is CCN1CCc2nc3ccccc3c(C(=O)NN)c2C1. The highest BCUT2D eigenvalue weighted by Gasteiger charge is 2.24. The Balaban J connectivity index is 2.26. The first-order valence-corrected chi connectivity index (χ1v) is 6.88. The lowest BCUT2D eigenvalue weighted by Crippen LogP contribution is -2.36. The Morgan fingerprint density at radius 3 is 3.00 bits per heavy atom. The van der Waals surface area contributed by atoms with Gasteiger partial charge in [0.05, 0.1) is 11.1 Å². The van der Waals surface area contributed by atoms with Gasteiger partial charge in [-0.3, -0.25) is 20.1 Å². The zero-order valence-electron chi connectivity index (χ0n) is 11.5. The molecule has 0 unspecified atom stereocenters. The van der Waals surface area contributed by atoms with Crippen LogP contribution in [-0.2, 0) is 13.0 Å². The zero-order chi connectivity index (χ0) is 14.1. The van der Waals surface area contributed by atoms with Gasteiger partial charge >= 0.3 is 0 Å². The highest BCUT2D eigenvalue weighted by atomic mass is 16.2. The minimum atomic E-state index is -0.238. The lowest BCUT2D eigenvalue weighted by Gasteiger charge is -2.28. The van der Waals surface area contributed by atoms with Gasteiger partial charge in [0.25, 0.3) is 5.91 Å². The number of benzene rings is 1. The Kier molecular flexibility index (Phi) is 3.38. The summed E-state index contributed by atoms with van der Waals surface area (Å²) < 4.78 is 0. The van der Waals surface area contributed by atoms with E-state index in [-0.39, 0.29) is 5.91 Å². The topological polar surface area (TPSA) is 71.2 Å². The van der Waals surface area contributed by atoms with Gasteiger partial charge in [-0.1, -0.05) is 25.1 Å². The van der Waals surface area contributed by atoms with Gasteiger partial charge in [0.15, 0.2) is 0 Å². The lowest BCUT2D eigenvalue weighted by molar-refractivity contribution is 0.0952. The summed E-state index contributed by atoms with van der Waals surface area (Å²) in [7, 11) is 0. The number of para-hydroxylation sites is 1. The van der Waals surface area contributed by atoms with Gasteiger partial charge in [-0.15, -0.1) is 0 Å². The van der Waals surface area contributed by atoms with E-state index in [1.54, 1.807) is 0 Å². The summed E-state index contributed by atoms with van der Waals surface area (Å²) in [6.07, 6.45) is 0.874. The van der Waals surface area contributed by atoms with E-state index in [0.29, 0.717) is 5.56 Å². The summed E-state index contributed by atoms with van der Waals surface area (Å²) in [6.45, 7) is 4.84. The Morgan fingerprint density at radius 1 is 1.45 bits per heavy atom. The van der Waals surface area contributed by atoms with E-state index >= 15 is 0 Å². The standard InChI is InChI=1S/C15H18N4O/c1-2-19-8-7-13-11(9-19)14(15(20)18-16)10-5-3-4-6-12(10)17-13/h3-6H,2,7-9,16H2,1H3,(H,18,20). The number of likely N-dealkylation sites (N-methyl/N-ethyl adjacent to an activating group) is 1. The third kappa shape index (κ3) is 2.05. The van der Waals surface area contributed by atoms with Crippen molar-refractivity contribution in [1.82, 2.24) is 15.3 Å². The van der Waals surface area contributed by atoms with Gasteiger partial charge < -0.3 is 0 Å². The Bertz CT molecular complexity index is 668. The number of nitrogens with two attached hydrogens (primary N) is 1. The fourth-order valence-corrected chi connectivity index (χ4v) is 2.85. The first kappa shape index (κ1) is 13.0. The molecule has 2 heterocycles. The summed E-state index contributed by atoms with van der Waals surface area (Å²) in [6, 6.07) is 7.73. The molecule has 5 nitrogen and oxygen atoms in total. The molecule has 0 bridgehead atoms. The van der Waals surface area contributed by atoms with E-state index in [1.165, 1.54) is 0 Å².